The van der Waals surface area contributed by atoms with Gasteiger partial charge in [0.2, 0.25) is 0 Å². The van der Waals surface area contributed by atoms with Crippen LogP contribution in [0.5, 0.6) is 0 Å². The fourth-order valence-electron chi connectivity index (χ4n) is 1.19. The van der Waals surface area contributed by atoms with Crippen LogP contribution in [0.25, 0.3) is 0 Å². The molecular weight excluding hydrogens is 160 g/mol. The summed E-state index contributed by atoms with van der Waals surface area (Å²) in [5.74, 6) is 1.71. The first-order valence-electron chi connectivity index (χ1n) is 5.34. The maximum atomic E-state index is 4.21. The van der Waals surface area contributed by atoms with Gasteiger partial charge in [-0.3, -0.25) is 0 Å². The van der Waals surface area contributed by atoms with E-state index in [2.05, 4.69) is 23.8 Å². The van der Waals surface area contributed by atoms with Crippen molar-refractivity contribution in [3.63, 3.8) is 0 Å². The Morgan fingerprint density at radius 1 is 1.46 bits per heavy atom. The van der Waals surface area contributed by atoms with Crippen LogP contribution < -0.4 is 0 Å². The van der Waals surface area contributed by atoms with Gasteiger partial charge >= 0.3 is 0 Å². The number of imidazole rings is 1. The predicted molar refractivity (Wildman–Crippen MR) is 57.9 cm³/mol. The third-order valence-corrected chi connectivity index (χ3v) is 1.98. The number of rotatable bonds is 4. The Labute approximate surface area is 81.8 Å². The molecule has 2 heteroatoms. The van der Waals surface area contributed by atoms with Crippen molar-refractivity contribution in [1.29, 1.82) is 0 Å². The summed E-state index contributed by atoms with van der Waals surface area (Å²) in [5.41, 5.74) is 0. The molecule has 76 valence electrons. The number of nitrogens with one attached hydrogen (secondary N) is 1. The van der Waals surface area contributed by atoms with Crippen molar-refractivity contribution in [1.82, 2.24) is 9.97 Å². The number of hydrogen-bond donors (Lipinski definition) is 1. The van der Waals surface area contributed by atoms with Crippen LogP contribution in [0, 0.1) is 0 Å². The average Bonchev–Trinajstić information content (AvgIpc) is 2.70. The Hall–Kier alpha value is -0.790. The molecule has 0 aliphatic carbocycles. The molecule has 1 rings (SSSR count). The zero-order valence-electron chi connectivity index (χ0n) is 9.30. The molecule has 2 nitrogen and oxygen atoms in total. The minimum Gasteiger partial charge on any atom is -0.348 e. The van der Waals surface area contributed by atoms with Gasteiger partial charge in [0.25, 0.3) is 0 Å². The monoisotopic (exact) mass is 182 g/mol. The van der Waals surface area contributed by atoms with Crippen LogP contribution in [0.15, 0.2) is 12.4 Å². The number of nitrogens with zero attached hydrogens (tertiary/aromatic N) is 1. The van der Waals surface area contributed by atoms with Crippen LogP contribution in [0.1, 0.15) is 58.7 Å². The molecule has 0 fully saturated rings. The quantitative estimate of drug-likeness (QED) is 0.755. The van der Waals surface area contributed by atoms with Crippen molar-refractivity contribution in [3.8, 4) is 0 Å². The highest BCUT2D eigenvalue weighted by atomic mass is 14.9. The standard InChI is InChI=1S/C9H16N2.C2H6/c1-3-4-5-8(2)9-10-6-7-11-9;1-2/h6-8H,3-5H2,1-2H3,(H,10,11);1-2H3. The van der Waals surface area contributed by atoms with Gasteiger partial charge in [-0.25, -0.2) is 4.98 Å². The molecule has 0 aromatic carbocycles. The van der Waals surface area contributed by atoms with E-state index in [0.29, 0.717) is 5.92 Å². The first-order valence-corrected chi connectivity index (χ1v) is 5.34. The summed E-state index contributed by atoms with van der Waals surface area (Å²) in [7, 11) is 0. The van der Waals surface area contributed by atoms with Gasteiger partial charge < -0.3 is 4.98 Å². The van der Waals surface area contributed by atoms with Crippen LogP contribution in [-0.2, 0) is 0 Å². The molecule has 1 unspecified atom stereocenters. The zero-order valence-corrected chi connectivity index (χ0v) is 9.30. The maximum absolute atomic E-state index is 4.21. The molecule has 1 aromatic rings. The normalized spacial score (nSPS) is 11.7. The Balaban J connectivity index is 0.000000671. The second-order valence-electron chi connectivity index (χ2n) is 3.02. The van der Waals surface area contributed by atoms with E-state index >= 15 is 0 Å². The smallest absolute Gasteiger partial charge is 0.108 e. The number of unbranched alkanes of at least 4 members (excludes halogenated alkanes) is 1. The third-order valence-electron chi connectivity index (χ3n) is 1.98. The lowest BCUT2D eigenvalue weighted by Gasteiger charge is -2.05. The summed E-state index contributed by atoms with van der Waals surface area (Å²) < 4.78 is 0. The molecule has 0 saturated carbocycles. The summed E-state index contributed by atoms with van der Waals surface area (Å²) in [6, 6.07) is 0. The van der Waals surface area contributed by atoms with E-state index < -0.39 is 0 Å². The van der Waals surface area contributed by atoms with Crippen molar-refractivity contribution in [3.05, 3.63) is 18.2 Å². The topological polar surface area (TPSA) is 28.7 Å². The molecule has 0 radical (unpaired) electrons. The van der Waals surface area contributed by atoms with E-state index in [1.165, 1.54) is 19.3 Å². The lowest BCUT2D eigenvalue weighted by molar-refractivity contribution is 0.601. The summed E-state index contributed by atoms with van der Waals surface area (Å²) in [5, 5.41) is 0. The molecule has 0 bridgehead atoms. The molecule has 1 heterocycles. The summed E-state index contributed by atoms with van der Waals surface area (Å²) in [6.45, 7) is 8.43. The largest absolute Gasteiger partial charge is 0.348 e. The van der Waals surface area contributed by atoms with Crippen molar-refractivity contribution < 1.29 is 0 Å². The van der Waals surface area contributed by atoms with Crippen molar-refractivity contribution in [2.45, 2.75) is 52.9 Å². The van der Waals surface area contributed by atoms with Crippen LogP contribution in [0.2, 0.25) is 0 Å². The van der Waals surface area contributed by atoms with Crippen LogP contribution >= 0.6 is 0 Å². The zero-order chi connectivity index (χ0) is 10.1. The molecule has 1 aromatic heterocycles. The second kappa shape index (κ2) is 7.84. The van der Waals surface area contributed by atoms with Gasteiger partial charge in [-0.2, -0.15) is 0 Å². The lowest BCUT2D eigenvalue weighted by atomic mass is 10.0. The first kappa shape index (κ1) is 12.2. The molecule has 1 N–H and O–H groups in total. The van der Waals surface area contributed by atoms with E-state index in [-0.39, 0.29) is 0 Å². The Morgan fingerprint density at radius 2 is 2.15 bits per heavy atom. The van der Waals surface area contributed by atoms with E-state index in [1.54, 1.807) is 0 Å². The van der Waals surface area contributed by atoms with Crippen LogP contribution in [-0.4, -0.2) is 9.97 Å². The van der Waals surface area contributed by atoms with Gasteiger partial charge in [0.1, 0.15) is 5.82 Å². The summed E-state index contributed by atoms with van der Waals surface area (Å²) in [4.78, 5) is 7.35. The number of aromatic nitrogens is 2. The van der Waals surface area contributed by atoms with Gasteiger partial charge in [0, 0.05) is 18.3 Å². The lowest BCUT2D eigenvalue weighted by Crippen LogP contribution is -1.95. The van der Waals surface area contributed by atoms with Crippen molar-refractivity contribution >= 4 is 0 Å². The van der Waals surface area contributed by atoms with E-state index in [4.69, 9.17) is 0 Å². The van der Waals surface area contributed by atoms with Gasteiger partial charge in [-0.15, -0.1) is 0 Å². The minimum absolute atomic E-state index is 0.588. The molecule has 0 spiro atoms. The van der Waals surface area contributed by atoms with E-state index in [9.17, 15) is 0 Å². The van der Waals surface area contributed by atoms with Gasteiger partial charge in [-0.1, -0.05) is 40.5 Å². The number of aromatic amines is 1. The second-order valence-corrected chi connectivity index (χ2v) is 3.02. The average molecular weight is 182 g/mol. The highest BCUT2D eigenvalue weighted by molar-refractivity contribution is 4.94. The molecule has 13 heavy (non-hydrogen) atoms. The number of H-pyrrole nitrogens is 1. The van der Waals surface area contributed by atoms with Gasteiger partial charge in [0.15, 0.2) is 0 Å². The molecule has 1 atom stereocenters. The molecule has 0 aliphatic heterocycles. The fraction of sp³-hybridized carbons (Fsp3) is 0.727. The van der Waals surface area contributed by atoms with E-state index in [0.717, 1.165) is 5.82 Å². The maximum Gasteiger partial charge on any atom is 0.108 e. The number of hydrogen-bond acceptors (Lipinski definition) is 1. The van der Waals surface area contributed by atoms with Crippen LogP contribution in [0.3, 0.4) is 0 Å². The summed E-state index contributed by atoms with van der Waals surface area (Å²) >= 11 is 0. The highest BCUT2D eigenvalue weighted by Gasteiger charge is 2.05. The highest BCUT2D eigenvalue weighted by Crippen LogP contribution is 2.16. The molecular formula is C11H22N2. The Bertz CT molecular complexity index is 180. The molecule has 0 amide bonds. The van der Waals surface area contributed by atoms with Crippen molar-refractivity contribution in [2.75, 3.05) is 0 Å². The van der Waals surface area contributed by atoms with Crippen LogP contribution in [0.4, 0.5) is 0 Å². The Kier molecular flexibility index (Phi) is 7.36. The molecule has 0 saturated heterocycles. The van der Waals surface area contributed by atoms with Crippen molar-refractivity contribution in [2.24, 2.45) is 0 Å². The minimum atomic E-state index is 0.588. The SMILES string of the molecule is CC.CCCCC(C)c1ncc[nH]1. The summed E-state index contributed by atoms with van der Waals surface area (Å²) in [6.07, 6.45) is 7.51. The fourth-order valence-corrected chi connectivity index (χ4v) is 1.19. The Morgan fingerprint density at radius 3 is 2.62 bits per heavy atom. The first-order chi connectivity index (χ1) is 6.34. The molecule has 0 aliphatic rings. The van der Waals surface area contributed by atoms with Gasteiger partial charge in [0.05, 0.1) is 0 Å². The third kappa shape index (κ3) is 4.71. The van der Waals surface area contributed by atoms with Gasteiger partial charge in [-0.05, 0) is 6.42 Å². The van der Waals surface area contributed by atoms with E-state index in [1.807, 2.05) is 26.2 Å². The predicted octanol–water partition coefficient (Wildman–Crippen LogP) is 3.73.